The van der Waals surface area contributed by atoms with E-state index in [1.54, 1.807) is 6.07 Å². The van der Waals surface area contributed by atoms with Gasteiger partial charge in [0.2, 0.25) is 0 Å². The molecule has 0 amide bonds. The Balaban J connectivity index is 2.49. The van der Waals surface area contributed by atoms with Crippen LogP contribution in [-0.2, 0) is 5.88 Å². The van der Waals surface area contributed by atoms with E-state index in [0.717, 1.165) is 16.3 Å². The molecular weight excluding hydrogens is 301 g/mol. The second-order valence-electron chi connectivity index (χ2n) is 2.88. The number of hydrogen-bond acceptors (Lipinski definition) is 2. The van der Waals surface area contributed by atoms with Gasteiger partial charge in [-0.25, -0.2) is 9.37 Å². The van der Waals surface area contributed by atoms with Crippen molar-refractivity contribution in [2.75, 3.05) is 0 Å². The van der Waals surface area contributed by atoms with Gasteiger partial charge in [-0.3, -0.25) is 0 Å². The van der Waals surface area contributed by atoms with Crippen molar-refractivity contribution in [1.82, 2.24) is 4.98 Å². The first-order valence-corrected chi connectivity index (χ1v) is 6.38. The summed E-state index contributed by atoms with van der Waals surface area (Å²) in [6.45, 7) is 0. The minimum Gasteiger partial charge on any atom is -0.240 e. The number of nitrogens with zero attached hydrogens (tertiary/aromatic N) is 1. The molecule has 0 unspecified atom stereocenters. The zero-order valence-electron chi connectivity index (χ0n) is 7.51. The highest BCUT2D eigenvalue weighted by Gasteiger charge is 2.10. The van der Waals surface area contributed by atoms with Crippen LogP contribution >= 0.6 is 38.9 Å². The molecule has 0 aliphatic rings. The van der Waals surface area contributed by atoms with E-state index in [2.05, 4.69) is 20.9 Å². The van der Waals surface area contributed by atoms with Crippen molar-refractivity contribution < 1.29 is 4.39 Å². The lowest BCUT2D eigenvalue weighted by molar-refractivity contribution is 0.622. The van der Waals surface area contributed by atoms with Gasteiger partial charge in [0.25, 0.3) is 0 Å². The molecule has 0 N–H and O–H groups in total. The molecule has 1 heterocycles. The van der Waals surface area contributed by atoms with Crippen LogP contribution in [0.15, 0.2) is 28.1 Å². The summed E-state index contributed by atoms with van der Waals surface area (Å²) in [7, 11) is 0. The number of hydrogen-bond donors (Lipinski definition) is 0. The number of benzene rings is 1. The number of rotatable bonds is 2. The fourth-order valence-electron chi connectivity index (χ4n) is 1.16. The molecule has 2 aromatic rings. The largest absolute Gasteiger partial charge is 0.240 e. The maximum Gasteiger partial charge on any atom is 0.138 e. The van der Waals surface area contributed by atoms with Crippen molar-refractivity contribution >= 4 is 38.9 Å². The summed E-state index contributed by atoms with van der Waals surface area (Å²) in [5.74, 6) is 0.0961. The Bertz CT molecular complexity index is 486. The predicted octanol–water partition coefficient (Wildman–Crippen LogP) is 4.45. The summed E-state index contributed by atoms with van der Waals surface area (Å²) in [4.78, 5) is 4.29. The maximum atomic E-state index is 13.3. The molecule has 0 saturated carbocycles. The van der Waals surface area contributed by atoms with Crippen LogP contribution in [0.3, 0.4) is 0 Å². The highest BCUT2D eigenvalue weighted by Crippen LogP contribution is 2.32. The van der Waals surface area contributed by atoms with E-state index < -0.39 is 0 Å². The first-order chi connectivity index (χ1) is 7.22. The monoisotopic (exact) mass is 305 g/mol. The van der Waals surface area contributed by atoms with Gasteiger partial charge in [0.15, 0.2) is 0 Å². The molecule has 1 nitrogen and oxygen atoms in total. The summed E-state index contributed by atoms with van der Waals surface area (Å²) in [5, 5.41) is 2.65. The fourth-order valence-corrected chi connectivity index (χ4v) is 2.82. The Labute approximate surface area is 104 Å². The highest BCUT2D eigenvalue weighted by molar-refractivity contribution is 9.10. The Morgan fingerprint density at radius 1 is 1.47 bits per heavy atom. The van der Waals surface area contributed by atoms with Crippen molar-refractivity contribution in [2.45, 2.75) is 5.88 Å². The number of aromatic nitrogens is 1. The first-order valence-electron chi connectivity index (χ1n) is 4.17. The number of alkyl halides is 1. The maximum absolute atomic E-state index is 13.3. The zero-order valence-corrected chi connectivity index (χ0v) is 10.7. The molecule has 0 atom stereocenters. The Kier molecular flexibility index (Phi) is 3.38. The van der Waals surface area contributed by atoms with Crippen LogP contribution in [0, 0.1) is 5.82 Å². The van der Waals surface area contributed by atoms with Gasteiger partial charge in [0.05, 0.1) is 16.0 Å². The predicted molar refractivity (Wildman–Crippen MR) is 64.8 cm³/mol. The van der Waals surface area contributed by atoms with Crippen LogP contribution in [-0.4, -0.2) is 4.98 Å². The normalized spacial score (nSPS) is 10.6. The van der Waals surface area contributed by atoms with E-state index in [1.807, 2.05) is 11.4 Å². The standard InChI is InChI=1S/C10H6BrClFNS/c11-9-7(2-1-3-8(9)13)10-14-6(4-12)5-15-10/h1-3,5H,4H2. The second kappa shape index (κ2) is 4.60. The van der Waals surface area contributed by atoms with Crippen LogP contribution < -0.4 is 0 Å². The van der Waals surface area contributed by atoms with Gasteiger partial charge >= 0.3 is 0 Å². The molecular formula is C10H6BrClFNS. The molecule has 1 aromatic carbocycles. The fraction of sp³-hybridized carbons (Fsp3) is 0.100. The molecule has 5 heteroatoms. The van der Waals surface area contributed by atoms with E-state index in [-0.39, 0.29) is 5.82 Å². The molecule has 78 valence electrons. The number of thiazole rings is 1. The molecule has 0 spiro atoms. The summed E-state index contributed by atoms with van der Waals surface area (Å²) >= 11 is 10.3. The minimum absolute atomic E-state index is 0.282. The molecule has 0 radical (unpaired) electrons. The summed E-state index contributed by atoms with van der Waals surface area (Å²) < 4.78 is 13.7. The van der Waals surface area contributed by atoms with Crippen molar-refractivity contribution in [3.05, 3.63) is 39.6 Å². The van der Waals surface area contributed by atoms with Crippen LogP contribution in [0.5, 0.6) is 0 Å². The second-order valence-corrected chi connectivity index (χ2v) is 4.80. The van der Waals surface area contributed by atoms with Crippen molar-refractivity contribution in [1.29, 1.82) is 0 Å². The Morgan fingerprint density at radius 2 is 2.27 bits per heavy atom. The quantitative estimate of drug-likeness (QED) is 0.747. The molecule has 15 heavy (non-hydrogen) atoms. The zero-order chi connectivity index (χ0) is 10.8. The highest BCUT2D eigenvalue weighted by atomic mass is 79.9. The van der Waals surface area contributed by atoms with Crippen LogP contribution in [0.2, 0.25) is 0 Å². The average molecular weight is 307 g/mol. The van der Waals surface area contributed by atoms with Gasteiger partial charge < -0.3 is 0 Å². The average Bonchev–Trinajstić information content (AvgIpc) is 2.70. The summed E-state index contributed by atoms with van der Waals surface area (Å²) in [6, 6.07) is 4.89. The summed E-state index contributed by atoms with van der Waals surface area (Å²) in [6.07, 6.45) is 0. The third-order valence-electron chi connectivity index (χ3n) is 1.87. The summed E-state index contributed by atoms with van der Waals surface area (Å²) in [5.41, 5.74) is 1.57. The molecule has 0 fully saturated rings. The van der Waals surface area contributed by atoms with Gasteiger partial charge in [0, 0.05) is 10.9 Å². The van der Waals surface area contributed by atoms with Crippen LogP contribution in [0.25, 0.3) is 10.6 Å². The van der Waals surface area contributed by atoms with E-state index in [1.165, 1.54) is 17.4 Å². The Morgan fingerprint density at radius 3 is 2.93 bits per heavy atom. The van der Waals surface area contributed by atoms with Crippen molar-refractivity contribution in [3.63, 3.8) is 0 Å². The smallest absolute Gasteiger partial charge is 0.138 e. The van der Waals surface area contributed by atoms with E-state index in [0.29, 0.717) is 10.4 Å². The third-order valence-corrected chi connectivity index (χ3v) is 3.87. The van der Waals surface area contributed by atoms with Gasteiger partial charge in [-0.2, -0.15) is 0 Å². The molecule has 0 bridgehead atoms. The topological polar surface area (TPSA) is 12.9 Å². The van der Waals surface area contributed by atoms with Gasteiger partial charge in [-0.05, 0) is 22.0 Å². The molecule has 0 saturated heterocycles. The lowest BCUT2D eigenvalue weighted by Gasteiger charge is -2.00. The van der Waals surface area contributed by atoms with E-state index in [9.17, 15) is 4.39 Å². The van der Waals surface area contributed by atoms with Crippen LogP contribution in [0.4, 0.5) is 4.39 Å². The van der Waals surface area contributed by atoms with Gasteiger partial charge in [0.1, 0.15) is 10.8 Å². The lowest BCUT2D eigenvalue weighted by atomic mass is 10.2. The van der Waals surface area contributed by atoms with Gasteiger partial charge in [-0.1, -0.05) is 12.1 Å². The minimum atomic E-state index is -0.282. The van der Waals surface area contributed by atoms with Crippen molar-refractivity contribution in [3.8, 4) is 10.6 Å². The lowest BCUT2D eigenvalue weighted by Crippen LogP contribution is -1.84. The Hall–Kier alpha value is -0.450. The van der Waals surface area contributed by atoms with E-state index in [4.69, 9.17) is 11.6 Å². The first kappa shape index (κ1) is 11.0. The van der Waals surface area contributed by atoms with E-state index >= 15 is 0 Å². The number of halogens is 3. The third kappa shape index (κ3) is 2.22. The molecule has 0 aliphatic carbocycles. The SMILES string of the molecule is Fc1cccc(-c2nc(CCl)cs2)c1Br. The molecule has 1 aromatic heterocycles. The van der Waals surface area contributed by atoms with Crippen LogP contribution in [0.1, 0.15) is 5.69 Å². The molecule has 2 rings (SSSR count). The van der Waals surface area contributed by atoms with Crippen molar-refractivity contribution in [2.24, 2.45) is 0 Å². The van der Waals surface area contributed by atoms with Gasteiger partial charge in [-0.15, -0.1) is 22.9 Å². The molecule has 0 aliphatic heterocycles.